The molecular weight excluding hydrogens is 322 g/mol. The summed E-state index contributed by atoms with van der Waals surface area (Å²) < 4.78 is 5.50. The third-order valence-corrected chi connectivity index (χ3v) is 5.08. The van der Waals surface area contributed by atoms with Crippen LogP contribution in [0.15, 0.2) is 18.2 Å². The van der Waals surface area contributed by atoms with Crippen LogP contribution >= 0.6 is 12.2 Å². The largest absolute Gasteiger partial charge is 0.368 e. The van der Waals surface area contributed by atoms with Crippen LogP contribution in [-0.2, 0) is 9.53 Å². The lowest BCUT2D eigenvalue weighted by atomic mass is 10.1. The Morgan fingerprint density at radius 1 is 1.21 bits per heavy atom. The molecule has 2 fully saturated rings. The molecule has 5 nitrogen and oxygen atoms in total. The van der Waals surface area contributed by atoms with Crippen LogP contribution in [0.4, 0.5) is 5.69 Å². The van der Waals surface area contributed by atoms with Crippen molar-refractivity contribution in [1.82, 2.24) is 9.80 Å². The number of carbonyl (C=O) groups excluding carboxylic acids is 1. The van der Waals surface area contributed by atoms with Gasteiger partial charge in [-0.1, -0.05) is 12.1 Å². The van der Waals surface area contributed by atoms with Crippen molar-refractivity contribution in [3.8, 4) is 0 Å². The van der Waals surface area contributed by atoms with E-state index in [1.807, 2.05) is 4.90 Å². The second-order valence-corrected chi connectivity index (χ2v) is 6.95. The Morgan fingerprint density at radius 2 is 1.92 bits per heavy atom. The predicted molar refractivity (Wildman–Crippen MR) is 99.3 cm³/mol. The summed E-state index contributed by atoms with van der Waals surface area (Å²) in [5.41, 5.74) is 3.44. The van der Waals surface area contributed by atoms with E-state index < -0.39 is 0 Å². The van der Waals surface area contributed by atoms with Gasteiger partial charge >= 0.3 is 0 Å². The zero-order chi connectivity index (χ0) is 17.1. The quantitative estimate of drug-likeness (QED) is 0.832. The molecule has 1 atom stereocenters. The van der Waals surface area contributed by atoms with Crippen molar-refractivity contribution in [2.24, 2.45) is 0 Å². The number of carbonyl (C=O) groups is 1. The van der Waals surface area contributed by atoms with Crippen LogP contribution in [0.1, 0.15) is 24.0 Å². The highest BCUT2D eigenvalue weighted by Gasteiger charge is 2.30. The Hall–Kier alpha value is -1.66. The lowest BCUT2D eigenvalue weighted by molar-refractivity contribution is -0.142. The number of nitrogens with one attached hydrogen (secondary N) is 1. The summed E-state index contributed by atoms with van der Waals surface area (Å²) >= 11 is 5.56. The molecule has 2 aliphatic heterocycles. The van der Waals surface area contributed by atoms with Crippen molar-refractivity contribution in [2.45, 2.75) is 32.8 Å². The number of hydrogen-bond donors (Lipinski definition) is 1. The van der Waals surface area contributed by atoms with Gasteiger partial charge in [0.2, 0.25) is 0 Å². The summed E-state index contributed by atoms with van der Waals surface area (Å²) in [5, 5.41) is 4.08. The first-order valence-electron chi connectivity index (χ1n) is 8.58. The molecule has 2 aliphatic rings. The summed E-state index contributed by atoms with van der Waals surface area (Å²) in [6.45, 7) is 7.77. The van der Waals surface area contributed by atoms with Crippen LogP contribution in [0.2, 0.25) is 0 Å². The van der Waals surface area contributed by atoms with E-state index in [0.717, 1.165) is 36.7 Å². The molecule has 1 N–H and O–H groups in total. The van der Waals surface area contributed by atoms with E-state index in [1.165, 1.54) is 11.1 Å². The Labute approximate surface area is 149 Å². The fourth-order valence-electron chi connectivity index (χ4n) is 3.17. The molecule has 1 amide bonds. The van der Waals surface area contributed by atoms with Gasteiger partial charge < -0.3 is 19.9 Å². The highest BCUT2D eigenvalue weighted by Crippen LogP contribution is 2.19. The summed E-state index contributed by atoms with van der Waals surface area (Å²) in [5.74, 6) is 0.139. The summed E-state index contributed by atoms with van der Waals surface area (Å²) in [6, 6.07) is 6.30. The summed E-state index contributed by atoms with van der Waals surface area (Å²) in [7, 11) is 0. The van der Waals surface area contributed by atoms with Gasteiger partial charge in [-0.15, -0.1) is 0 Å². The number of piperazine rings is 1. The maximum atomic E-state index is 12.4. The molecule has 1 aromatic carbocycles. The van der Waals surface area contributed by atoms with Gasteiger partial charge in [0.25, 0.3) is 5.91 Å². The highest BCUT2D eigenvalue weighted by atomic mass is 32.1. The molecule has 24 heavy (non-hydrogen) atoms. The number of rotatable bonds is 2. The van der Waals surface area contributed by atoms with Gasteiger partial charge in [0.05, 0.1) is 0 Å². The second kappa shape index (κ2) is 7.49. The summed E-state index contributed by atoms with van der Waals surface area (Å²) in [4.78, 5) is 16.4. The molecule has 0 aliphatic carbocycles. The first-order chi connectivity index (χ1) is 11.5. The van der Waals surface area contributed by atoms with E-state index in [4.69, 9.17) is 17.0 Å². The van der Waals surface area contributed by atoms with Gasteiger partial charge in [-0.25, -0.2) is 0 Å². The van der Waals surface area contributed by atoms with E-state index in [2.05, 4.69) is 42.3 Å². The predicted octanol–water partition coefficient (Wildman–Crippen LogP) is 2.32. The molecule has 0 radical (unpaired) electrons. The Bertz CT molecular complexity index is 621. The van der Waals surface area contributed by atoms with Gasteiger partial charge in [0.1, 0.15) is 6.10 Å². The number of thiocarbonyl (C=S) groups is 1. The molecule has 0 bridgehead atoms. The van der Waals surface area contributed by atoms with E-state index in [1.54, 1.807) is 0 Å². The number of amides is 1. The third kappa shape index (κ3) is 3.87. The number of hydrogen-bond acceptors (Lipinski definition) is 3. The fraction of sp³-hybridized carbons (Fsp3) is 0.556. The third-order valence-electron chi connectivity index (χ3n) is 4.72. The average Bonchev–Trinajstić information content (AvgIpc) is 3.12. The molecule has 0 spiro atoms. The molecule has 1 aromatic rings. The van der Waals surface area contributed by atoms with Crippen LogP contribution in [0.3, 0.4) is 0 Å². The van der Waals surface area contributed by atoms with Crippen molar-refractivity contribution >= 4 is 28.9 Å². The maximum Gasteiger partial charge on any atom is 0.251 e. The lowest BCUT2D eigenvalue weighted by Gasteiger charge is -2.37. The standard InChI is InChI=1S/C18H25N3O2S/c1-13-5-6-14(2)15(12-13)19-18(24)21-9-7-20(8-10-21)17(22)16-4-3-11-23-16/h5-6,12,16H,3-4,7-11H2,1-2H3,(H,19,24)/t16-/m0/s1. The number of benzene rings is 1. The fourth-order valence-corrected chi connectivity index (χ4v) is 3.46. The van der Waals surface area contributed by atoms with Crippen molar-refractivity contribution in [3.63, 3.8) is 0 Å². The van der Waals surface area contributed by atoms with Crippen molar-refractivity contribution in [1.29, 1.82) is 0 Å². The van der Waals surface area contributed by atoms with Gasteiger partial charge in [-0.05, 0) is 56.1 Å². The molecule has 2 heterocycles. The van der Waals surface area contributed by atoms with Gasteiger partial charge in [-0.3, -0.25) is 4.79 Å². The van der Waals surface area contributed by atoms with Gasteiger partial charge in [-0.2, -0.15) is 0 Å². The van der Waals surface area contributed by atoms with E-state index in [0.29, 0.717) is 19.7 Å². The topological polar surface area (TPSA) is 44.8 Å². The van der Waals surface area contributed by atoms with Crippen molar-refractivity contribution < 1.29 is 9.53 Å². The smallest absolute Gasteiger partial charge is 0.251 e. The highest BCUT2D eigenvalue weighted by molar-refractivity contribution is 7.80. The molecular formula is C18H25N3O2S. The number of nitrogens with zero attached hydrogens (tertiary/aromatic N) is 2. The number of ether oxygens (including phenoxy) is 1. The van der Waals surface area contributed by atoms with Gasteiger partial charge in [0.15, 0.2) is 5.11 Å². The molecule has 2 saturated heterocycles. The minimum Gasteiger partial charge on any atom is -0.368 e. The van der Waals surface area contributed by atoms with E-state index >= 15 is 0 Å². The first kappa shape index (κ1) is 17.2. The average molecular weight is 347 g/mol. The normalized spacial score (nSPS) is 21.0. The Morgan fingerprint density at radius 3 is 2.58 bits per heavy atom. The molecule has 0 unspecified atom stereocenters. The number of aryl methyl sites for hydroxylation is 2. The van der Waals surface area contributed by atoms with Crippen molar-refractivity contribution in [3.05, 3.63) is 29.3 Å². The molecule has 0 aromatic heterocycles. The minimum atomic E-state index is -0.225. The van der Waals surface area contributed by atoms with Crippen molar-refractivity contribution in [2.75, 3.05) is 38.1 Å². The summed E-state index contributed by atoms with van der Waals surface area (Å²) in [6.07, 6.45) is 1.61. The van der Waals surface area contributed by atoms with Crippen LogP contribution in [0, 0.1) is 13.8 Å². The molecule has 3 rings (SSSR count). The van der Waals surface area contributed by atoms with Crippen LogP contribution in [0.25, 0.3) is 0 Å². The van der Waals surface area contributed by atoms with Crippen LogP contribution in [0.5, 0.6) is 0 Å². The van der Waals surface area contributed by atoms with E-state index in [9.17, 15) is 4.79 Å². The maximum absolute atomic E-state index is 12.4. The zero-order valence-electron chi connectivity index (χ0n) is 14.4. The molecule has 130 valence electrons. The van der Waals surface area contributed by atoms with Gasteiger partial charge in [0, 0.05) is 38.5 Å². The lowest BCUT2D eigenvalue weighted by Crippen LogP contribution is -2.53. The van der Waals surface area contributed by atoms with Crippen LogP contribution < -0.4 is 5.32 Å². The number of anilines is 1. The zero-order valence-corrected chi connectivity index (χ0v) is 15.2. The minimum absolute atomic E-state index is 0.139. The van der Waals surface area contributed by atoms with Crippen LogP contribution in [-0.4, -0.2) is 59.7 Å². The first-order valence-corrected chi connectivity index (χ1v) is 8.99. The SMILES string of the molecule is Cc1ccc(C)c(NC(=S)N2CCN(C(=O)[C@@H]3CCCO3)CC2)c1. The second-order valence-electron chi connectivity index (χ2n) is 6.56. The molecule has 0 saturated carbocycles. The van der Waals surface area contributed by atoms with E-state index in [-0.39, 0.29) is 12.0 Å². The Balaban J connectivity index is 1.53. The monoisotopic (exact) mass is 347 g/mol. The molecule has 6 heteroatoms. The Kier molecular flexibility index (Phi) is 5.36.